The molecule has 1 rings (SSSR count). The van der Waals surface area contributed by atoms with Gasteiger partial charge in [-0.15, -0.1) is 11.8 Å². The molecule has 4 nitrogen and oxygen atoms in total. The molecule has 1 amide bonds. The average Bonchev–Trinajstić information content (AvgIpc) is 2.42. The highest BCUT2D eigenvalue weighted by molar-refractivity contribution is 7.99. The summed E-state index contributed by atoms with van der Waals surface area (Å²) in [7, 11) is 0. The number of carbonyl (C=O) groups is 1. The number of hydrogen-bond acceptors (Lipinski definition) is 5. The highest BCUT2D eigenvalue weighted by atomic mass is 32.2. The molecule has 0 atom stereocenters. The Kier molecular flexibility index (Phi) is 7.88. The fraction of sp³-hybridized carbons (Fsp3) is 0.500. The third-order valence-corrected chi connectivity index (χ3v) is 3.97. The molecule has 0 fully saturated rings. The monoisotopic (exact) mass is 286 g/mol. The molecule has 0 aromatic carbocycles. The van der Waals surface area contributed by atoms with Gasteiger partial charge in [-0.1, -0.05) is 0 Å². The fourth-order valence-corrected chi connectivity index (χ4v) is 2.66. The lowest BCUT2D eigenvalue weighted by Crippen LogP contribution is -2.26. The number of amides is 1. The molecule has 0 aliphatic carbocycles. The normalized spacial score (nSPS) is 10.3. The van der Waals surface area contributed by atoms with Gasteiger partial charge in [0, 0.05) is 25.1 Å². The third-order valence-electron chi connectivity index (χ3n) is 2.19. The second kappa shape index (κ2) is 9.24. The third kappa shape index (κ3) is 5.29. The van der Waals surface area contributed by atoms with E-state index in [0.29, 0.717) is 12.1 Å². The van der Waals surface area contributed by atoms with E-state index in [1.165, 1.54) is 11.8 Å². The van der Waals surface area contributed by atoms with E-state index in [1.807, 2.05) is 6.26 Å². The predicted octanol–water partition coefficient (Wildman–Crippen LogP) is 1.65. The lowest BCUT2D eigenvalue weighted by Gasteiger charge is -2.07. The van der Waals surface area contributed by atoms with Crippen LogP contribution in [0.4, 0.5) is 0 Å². The van der Waals surface area contributed by atoms with E-state index in [4.69, 9.17) is 5.11 Å². The number of hydrogen-bond donors (Lipinski definition) is 2. The Morgan fingerprint density at radius 1 is 1.50 bits per heavy atom. The predicted molar refractivity (Wildman–Crippen MR) is 77.4 cm³/mol. The quantitative estimate of drug-likeness (QED) is 0.562. The molecule has 0 saturated heterocycles. The molecule has 1 aromatic heterocycles. The van der Waals surface area contributed by atoms with E-state index < -0.39 is 0 Å². The minimum Gasteiger partial charge on any atom is -0.396 e. The Bertz CT molecular complexity index is 375. The van der Waals surface area contributed by atoms with Gasteiger partial charge in [0.2, 0.25) is 0 Å². The molecule has 1 aromatic rings. The number of aliphatic hydroxyl groups excluding tert-OH is 1. The molecule has 0 bridgehead atoms. The first-order valence-corrected chi connectivity index (χ1v) is 8.13. The first kappa shape index (κ1) is 15.3. The first-order valence-electron chi connectivity index (χ1n) is 5.75. The molecule has 1 heterocycles. The van der Waals surface area contributed by atoms with Crippen LogP contribution in [0.1, 0.15) is 16.8 Å². The number of aliphatic hydroxyl groups is 1. The Morgan fingerprint density at radius 3 is 3.06 bits per heavy atom. The molecule has 0 saturated carbocycles. The first-order chi connectivity index (χ1) is 8.79. The lowest BCUT2D eigenvalue weighted by atomic mass is 10.3. The minimum atomic E-state index is -0.0739. The molecule has 100 valence electrons. The van der Waals surface area contributed by atoms with Crippen molar-refractivity contribution in [1.29, 1.82) is 0 Å². The Balaban J connectivity index is 2.32. The van der Waals surface area contributed by atoms with Crippen molar-refractivity contribution in [2.45, 2.75) is 11.4 Å². The number of nitrogens with zero attached hydrogens (tertiary/aromatic N) is 1. The standard InChI is InChI=1S/C12H18N2O2S2/c1-17-12-10(4-2-5-14-12)11(16)13-6-9-18-8-3-7-15/h2,4-5,15H,3,6-9H2,1H3,(H,13,16). The van der Waals surface area contributed by atoms with Crippen molar-refractivity contribution in [1.82, 2.24) is 10.3 Å². The van der Waals surface area contributed by atoms with Gasteiger partial charge in [0.15, 0.2) is 0 Å². The van der Waals surface area contributed by atoms with Crippen LogP contribution in [0.25, 0.3) is 0 Å². The van der Waals surface area contributed by atoms with Crippen LogP contribution in [0, 0.1) is 0 Å². The van der Waals surface area contributed by atoms with Crippen LogP contribution in [-0.2, 0) is 0 Å². The van der Waals surface area contributed by atoms with Gasteiger partial charge < -0.3 is 10.4 Å². The SMILES string of the molecule is CSc1ncccc1C(=O)NCCSCCCO. The van der Waals surface area contributed by atoms with Gasteiger partial charge >= 0.3 is 0 Å². The fourth-order valence-electron chi connectivity index (χ4n) is 1.33. The van der Waals surface area contributed by atoms with Crippen LogP contribution in [0.15, 0.2) is 23.4 Å². The number of nitrogens with one attached hydrogen (secondary N) is 1. The van der Waals surface area contributed by atoms with Crippen molar-refractivity contribution in [3.05, 3.63) is 23.9 Å². The van der Waals surface area contributed by atoms with Crippen LogP contribution in [0.2, 0.25) is 0 Å². The van der Waals surface area contributed by atoms with Crippen LogP contribution >= 0.6 is 23.5 Å². The molecular weight excluding hydrogens is 268 g/mol. The number of pyridine rings is 1. The van der Waals surface area contributed by atoms with Crippen molar-refractivity contribution in [2.24, 2.45) is 0 Å². The van der Waals surface area contributed by atoms with E-state index in [1.54, 1.807) is 30.1 Å². The summed E-state index contributed by atoms with van der Waals surface area (Å²) in [4.78, 5) is 16.1. The van der Waals surface area contributed by atoms with Gasteiger partial charge in [-0.05, 0) is 30.6 Å². The van der Waals surface area contributed by atoms with E-state index in [9.17, 15) is 4.79 Å². The molecule has 18 heavy (non-hydrogen) atoms. The van der Waals surface area contributed by atoms with Crippen molar-refractivity contribution >= 4 is 29.4 Å². The highest BCUT2D eigenvalue weighted by Gasteiger charge is 2.10. The molecule has 0 spiro atoms. The smallest absolute Gasteiger partial charge is 0.254 e. The highest BCUT2D eigenvalue weighted by Crippen LogP contribution is 2.16. The summed E-state index contributed by atoms with van der Waals surface area (Å²) in [5.41, 5.74) is 0.630. The van der Waals surface area contributed by atoms with Crippen molar-refractivity contribution in [3.8, 4) is 0 Å². The van der Waals surface area contributed by atoms with Crippen LogP contribution < -0.4 is 5.32 Å². The maximum Gasteiger partial charge on any atom is 0.254 e. The number of thioether (sulfide) groups is 2. The van der Waals surface area contributed by atoms with Crippen LogP contribution in [0.3, 0.4) is 0 Å². The maximum atomic E-state index is 11.9. The van der Waals surface area contributed by atoms with Crippen LogP contribution in [-0.4, -0.2) is 46.9 Å². The molecular formula is C12H18N2O2S2. The zero-order valence-electron chi connectivity index (χ0n) is 10.4. The van der Waals surface area contributed by atoms with E-state index in [2.05, 4.69) is 10.3 Å². The summed E-state index contributed by atoms with van der Waals surface area (Å²) in [5.74, 6) is 1.71. The zero-order valence-corrected chi connectivity index (χ0v) is 12.0. The average molecular weight is 286 g/mol. The number of rotatable bonds is 8. The van der Waals surface area contributed by atoms with E-state index in [0.717, 1.165) is 23.0 Å². The largest absolute Gasteiger partial charge is 0.396 e. The summed E-state index contributed by atoms with van der Waals surface area (Å²) >= 11 is 3.20. The molecule has 0 aliphatic rings. The number of aromatic nitrogens is 1. The molecule has 2 N–H and O–H groups in total. The van der Waals surface area contributed by atoms with Gasteiger partial charge in [0.25, 0.3) is 5.91 Å². The molecule has 0 unspecified atom stereocenters. The van der Waals surface area contributed by atoms with Gasteiger partial charge in [-0.2, -0.15) is 11.8 Å². The summed E-state index contributed by atoms with van der Waals surface area (Å²) in [6.45, 7) is 0.865. The van der Waals surface area contributed by atoms with Crippen LogP contribution in [0.5, 0.6) is 0 Å². The number of carbonyl (C=O) groups excluding carboxylic acids is 1. The van der Waals surface area contributed by atoms with Gasteiger partial charge in [-0.25, -0.2) is 4.98 Å². The van der Waals surface area contributed by atoms with Crippen molar-refractivity contribution in [2.75, 3.05) is 30.9 Å². The summed E-state index contributed by atoms with van der Waals surface area (Å²) in [6.07, 6.45) is 4.40. The molecule has 6 heteroatoms. The minimum absolute atomic E-state index is 0.0739. The summed E-state index contributed by atoms with van der Waals surface area (Å²) in [6, 6.07) is 3.55. The van der Waals surface area contributed by atoms with E-state index in [-0.39, 0.29) is 12.5 Å². The zero-order chi connectivity index (χ0) is 13.2. The second-order valence-corrected chi connectivity index (χ2v) is 5.53. The molecule has 0 aliphatic heterocycles. The second-order valence-electron chi connectivity index (χ2n) is 3.51. The summed E-state index contributed by atoms with van der Waals surface area (Å²) < 4.78 is 0. The molecule has 0 radical (unpaired) electrons. The lowest BCUT2D eigenvalue weighted by molar-refractivity contribution is 0.0952. The van der Waals surface area contributed by atoms with Gasteiger partial charge in [0.05, 0.1) is 5.56 Å². The van der Waals surface area contributed by atoms with E-state index >= 15 is 0 Å². The summed E-state index contributed by atoms with van der Waals surface area (Å²) in [5, 5.41) is 12.3. The van der Waals surface area contributed by atoms with Crippen molar-refractivity contribution < 1.29 is 9.90 Å². The van der Waals surface area contributed by atoms with Crippen molar-refractivity contribution in [3.63, 3.8) is 0 Å². The maximum absolute atomic E-state index is 11.9. The van der Waals surface area contributed by atoms with Gasteiger partial charge in [0.1, 0.15) is 5.03 Å². The Labute approximate surface area is 116 Å². The Morgan fingerprint density at radius 2 is 2.33 bits per heavy atom. The van der Waals surface area contributed by atoms with Gasteiger partial charge in [-0.3, -0.25) is 4.79 Å². The Hall–Kier alpha value is -0.720. The topological polar surface area (TPSA) is 62.2 Å².